The zero-order valence-corrected chi connectivity index (χ0v) is 16.9. The van der Waals surface area contributed by atoms with Crippen LogP contribution in [0.3, 0.4) is 0 Å². The SMILES string of the molecule is Cc1ccc(C=CC(=O)NC(N)=NN=C(N)NC(=O)C=Cc2ccc(Cl)cc2)cc1. The number of hydrogen-bond donors (Lipinski definition) is 4. The van der Waals surface area contributed by atoms with Gasteiger partial charge in [0.2, 0.25) is 11.9 Å². The molecule has 2 rings (SSSR count). The molecule has 0 saturated carbocycles. The van der Waals surface area contributed by atoms with E-state index in [-0.39, 0.29) is 11.9 Å². The van der Waals surface area contributed by atoms with Crippen LogP contribution in [-0.2, 0) is 9.59 Å². The lowest BCUT2D eigenvalue weighted by molar-refractivity contribution is -0.116. The van der Waals surface area contributed by atoms with Gasteiger partial charge in [-0.2, -0.15) is 0 Å². The quantitative estimate of drug-likeness (QED) is 0.253. The van der Waals surface area contributed by atoms with Crippen LogP contribution >= 0.6 is 11.6 Å². The van der Waals surface area contributed by atoms with Crippen molar-refractivity contribution in [1.29, 1.82) is 0 Å². The Morgan fingerprint density at radius 2 is 1.20 bits per heavy atom. The highest BCUT2D eigenvalue weighted by atomic mass is 35.5. The van der Waals surface area contributed by atoms with Crippen molar-refractivity contribution in [3.8, 4) is 0 Å². The number of hydrogen-bond acceptors (Lipinski definition) is 4. The average molecular weight is 425 g/mol. The largest absolute Gasteiger partial charge is 0.368 e. The number of rotatable bonds is 5. The van der Waals surface area contributed by atoms with Crippen LogP contribution in [0.5, 0.6) is 0 Å². The molecule has 0 spiro atoms. The maximum Gasteiger partial charge on any atom is 0.250 e. The molecule has 0 aliphatic carbocycles. The van der Waals surface area contributed by atoms with Gasteiger partial charge in [-0.05, 0) is 42.3 Å². The van der Waals surface area contributed by atoms with Gasteiger partial charge in [-0.15, -0.1) is 10.2 Å². The smallest absolute Gasteiger partial charge is 0.250 e. The van der Waals surface area contributed by atoms with Gasteiger partial charge in [-0.1, -0.05) is 53.6 Å². The molecule has 0 aliphatic heterocycles. The van der Waals surface area contributed by atoms with Crippen molar-refractivity contribution in [2.45, 2.75) is 6.92 Å². The van der Waals surface area contributed by atoms with Gasteiger partial charge in [0.1, 0.15) is 0 Å². The Morgan fingerprint density at radius 3 is 1.63 bits per heavy atom. The van der Waals surface area contributed by atoms with E-state index in [1.54, 1.807) is 36.4 Å². The van der Waals surface area contributed by atoms with Crippen LogP contribution in [0.15, 0.2) is 70.9 Å². The van der Waals surface area contributed by atoms with E-state index in [9.17, 15) is 9.59 Å². The first kappa shape index (κ1) is 22.4. The second-order valence-electron chi connectivity index (χ2n) is 6.08. The van der Waals surface area contributed by atoms with Crippen molar-refractivity contribution in [3.63, 3.8) is 0 Å². The van der Waals surface area contributed by atoms with Gasteiger partial charge in [0, 0.05) is 17.2 Å². The molecule has 0 atom stereocenters. The summed E-state index contributed by atoms with van der Waals surface area (Å²) in [6, 6.07) is 14.5. The van der Waals surface area contributed by atoms with E-state index in [1.165, 1.54) is 12.2 Å². The molecule has 0 radical (unpaired) electrons. The predicted molar refractivity (Wildman–Crippen MR) is 120 cm³/mol. The highest BCUT2D eigenvalue weighted by Crippen LogP contribution is 2.10. The van der Waals surface area contributed by atoms with Crippen LogP contribution in [0, 0.1) is 6.92 Å². The molecule has 0 saturated heterocycles. The van der Waals surface area contributed by atoms with Gasteiger partial charge in [-0.25, -0.2) is 0 Å². The highest BCUT2D eigenvalue weighted by molar-refractivity contribution is 6.30. The molecule has 8 nitrogen and oxygen atoms in total. The van der Waals surface area contributed by atoms with E-state index >= 15 is 0 Å². The zero-order chi connectivity index (χ0) is 21.9. The third-order valence-corrected chi connectivity index (χ3v) is 3.82. The first-order valence-corrected chi connectivity index (χ1v) is 9.16. The Labute approximate surface area is 179 Å². The molecule has 0 unspecified atom stereocenters. The van der Waals surface area contributed by atoms with Crippen LogP contribution in [0.4, 0.5) is 0 Å². The Bertz CT molecular complexity index is 925. The Kier molecular flexibility index (Phi) is 8.34. The topological polar surface area (TPSA) is 135 Å². The number of nitrogens with one attached hydrogen (secondary N) is 2. The van der Waals surface area contributed by atoms with Crippen LogP contribution < -0.4 is 22.1 Å². The molecular formula is C21H21ClN6O2. The maximum atomic E-state index is 11.8. The lowest BCUT2D eigenvalue weighted by atomic mass is 10.1. The zero-order valence-electron chi connectivity index (χ0n) is 16.2. The maximum absolute atomic E-state index is 11.8. The number of carbonyl (C=O) groups excluding carboxylic acids is 2. The predicted octanol–water partition coefficient (Wildman–Crippen LogP) is 2.15. The summed E-state index contributed by atoms with van der Waals surface area (Å²) in [7, 11) is 0. The number of guanidine groups is 2. The molecule has 0 heterocycles. The third kappa shape index (κ3) is 8.41. The fourth-order valence-corrected chi connectivity index (χ4v) is 2.21. The fourth-order valence-electron chi connectivity index (χ4n) is 2.09. The molecule has 6 N–H and O–H groups in total. The molecule has 9 heteroatoms. The van der Waals surface area contributed by atoms with Gasteiger partial charge in [0.05, 0.1) is 0 Å². The number of carbonyl (C=O) groups is 2. The highest BCUT2D eigenvalue weighted by Gasteiger charge is 2.01. The van der Waals surface area contributed by atoms with Crippen LogP contribution in [-0.4, -0.2) is 23.7 Å². The van der Waals surface area contributed by atoms with Gasteiger partial charge in [-0.3, -0.25) is 20.2 Å². The normalized spacial score (nSPS) is 12.3. The first-order valence-electron chi connectivity index (χ1n) is 8.79. The van der Waals surface area contributed by atoms with Crippen molar-refractivity contribution in [2.75, 3.05) is 0 Å². The van der Waals surface area contributed by atoms with E-state index in [0.717, 1.165) is 16.7 Å². The molecule has 0 fully saturated rings. The van der Waals surface area contributed by atoms with Crippen molar-refractivity contribution in [2.24, 2.45) is 21.7 Å². The van der Waals surface area contributed by atoms with Crippen molar-refractivity contribution >= 4 is 47.5 Å². The van der Waals surface area contributed by atoms with Crippen LogP contribution in [0.2, 0.25) is 5.02 Å². The Balaban J connectivity index is 1.84. The Hall–Kier alpha value is -3.91. The summed E-state index contributed by atoms with van der Waals surface area (Å²) < 4.78 is 0. The number of nitrogens with two attached hydrogens (primary N) is 2. The minimum Gasteiger partial charge on any atom is -0.368 e. The summed E-state index contributed by atoms with van der Waals surface area (Å²) in [5, 5.41) is 12.3. The summed E-state index contributed by atoms with van der Waals surface area (Å²) in [6.07, 6.45) is 5.80. The average Bonchev–Trinajstić information content (AvgIpc) is 2.71. The molecule has 2 aromatic rings. The lowest BCUT2D eigenvalue weighted by Gasteiger charge is -2.01. The summed E-state index contributed by atoms with van der Waals surface area (Å²) in [4.78, 5) is 23.6. The van der Waals surface area contributed by atoms with E-state index in [1.807, 2.05) is 31.2 Å². The summed E-state index contributed by atoms with van der Waals surface area (Å²) in [5.41, 5.74) is 13.9. The summed E-state index contributed by atoms with van der Waals surface area (Å²) in [5.74, 6) is -1.55. The molecule has 0 aromatic heterocycles. The summed E-state index contributed by atoms with van der Waals surface area (Å²) >= 11 is 5.80. The van der Waals surface area contributed by atoms with Gasteiger partial charge in [0.15, 0.2) is 0 Å². The summed E-state index contributed by atoms with van der Waals surface area (Å²) in [6.45, 7) is 1.97. The van der Waals surface area contributed by atoms with Crippen molar-refractivity contribution < 1.29 is 9.59 Å². The van der Waals surface area contributed by atoms with Crippen molar-refractivity contribution in [1.82, 2.24) is 10.6 Å². The standard InChI is InChI=1S/C21H21ClN6O2/c1-14-2-4-15(5-3-14)8-12-18(29)25-20(23)27-28-21(24)26-19(30)13-9-16-6-10-17(22)11-7-16/h2-13H,1H3,(H3,23,25,27,29)(H3,24,26,28,30). The molecule has 0 bridgehead atoms. The number of amides is 2. The van der Waals surface area contributed by atoms with E-state index in [0.29, 0.717) is 5.02 Å². The molecule has 0 aliphatic rings. The van der Waals surface area contributed by atoms with Gasteiger partial charge in [0.25, 0.3) is 11.8 Å². The molecule has 2 aromatic carbocycles. The molecule has 154 valence electrons. The minimum atomic E-state index is -0.509. The molecular weight excluding hydrogens is 404 g/mol. The van der Waals surface area contributed by atoms with E-state index in [2.05, 4.69) is 20.8 Å². The number of benzene rings is 2. The number of aryl methyl sites for hydroxylation is 1. The van der Waals surface area contributed by atoms with Gasteiger partial charge >= 0.3 is 0 Å². The Morgan fingerprint density at radius 1 is 0.800 bits per heavy atom. The number of nitrogens with zero attached hydrogens (tertiary/aromatic N) is 2. The van der Waals surface area contributed by atoms with Crippen LogP contribution in [0.25, 0.3) is 12.2 Å². The minimum absolute atomic E-state index is 0.275. The van der Waals surface area contributed by atoms with Crippen LogP contribution in [0.1, 0.15) is 16.7 Å². The van der Waals surface area contributed by atoms with E-state index < -0.39 is 11.8 Å². The second kappa shape index (κ2) is 11.2. The molecule has 2 amide bonds. The van der Waals surface area contributed by atoms with Crippen molar-refractivity contribution in [3.05, 3.63) is 82.4 Å². The molecule has 30 heavy (non-hydrogen) atoms. The van der Waals surface area contributed by atoms with E-state index in [4.69, 9.17) is 23.1 Å². The second-order valence-corrected chi connectivity index (χ2v) is 6.51. The van der Waals surface area contributed by atoms with Gasteiger partial charge < -0.3 is 11.5 Å². The number of halogens is 1. The lowest BCUT2D eigenvalue weighted by Crippen LogP contribution is -2.37. The fraction of sp³-hybridized carbons (Fsp3) is 0.0476. The monoisotopic (exact) mass is 424 g/mol. The first-order chi connectivity index (χ1) is 14.3. The third-order valence-electron chi connectivity index (χ3n) is 3.57.